The lowest BCUT2D eigenvalue weighted by Crippen LogP contribution is -1.83. The highest BCUT2D eigenvalue weighted by Gasteiger charge is 2.03. The smallest absolute Gasteiger partial charge is 0.116 e. The van der Waals surface area contributed by atoms with Crippen molar-refractivity contribution >= 4 is 15.9 Å². The molecule has 3 heteroatoms. The number of hydrogen-bond acceptors (Lipinski definition) is 2. The Bertz CT molecular complexity index is 587. The van der Waals surface area contributed by atoms with Crippen LogP contribution in [0, 0.1) is 11.3 Å². The average Bonchev–Trinajstić information content (AvgIpc) is 2.38. The van der Waals surface area contributed by atoms with Crippen LogP contribution in [-0.2, 0) is 5.33 Å². The molecular weight excluding hydrogens is 278 g/mol. The minimum absolute atomic E-state index is 0.235. The second-order valence-electron chi connectivity index (χ2n) is 3.71. The second kappa shape index (κ2) is 5.03. The summed E-state index contributed by atoms with van der Waals surface area (Å²) in [5.41, 5.74) is 3.47. The van der Waals surface area contributed by atoms with Crippen LogP contribution >= 0.6 is 15.9 Å². The zero-order valence-electron chi connectivity index (χ0n) is 9.02. The number of phenols is 1. The fraction of sp³-hybridized carbons (Fsp3) is 0.0714. The Morgan fingerprint density at radius 3 is 2.65 bits per heavy atom. The van der Waals surface area contributed by atoms with E-state index in [-0.39, 0.29) is 5.75 Å². The molecule has 2 rings (SSSR count). The van der Waals surface area contributed by atoms with Crippen molar-refractivity contribution in [3.05, 3.63) is 53.6 Å². The maximum Gasteiger partial charge on any atom is 0.116 e. The standard InChI is InChI=1S/C14H10BrNO/c15-8-11-5-13(7-14(17)6-11)12-3-1-2-10(4-12)9-16/h1-7,17H,8H2. The lowest BCUT2D eigenvalue weighted by atomic mass is 10.0. The number of nitriles is 1. The molecule has 0 aliphatic carbocycles. The van der Waals surface area contributed by atoms with Crippen LogP contribution in [0.25, 0.3) is 11.1 Å². The molecule has 0 radical (unpaired) electrons. The molecule has 0 atom stereocenters. The van der Waals surface area contributed by atoms with Gasteiger partial charge in [-0.2, -0.15) is 5.26 Å². The van der Waals surface area contributed by atoms with Gasteiger partial charge >= 0.3 is 0 Å². The topological polar surface area (TPSA) is 44.0 Å². The van der Waals surface area contributed by atoms with Crippen LogP contribution in [0.2, 0.25) is 0 Å². The summed E-state index contributed by atoms with van der Waals surface area (Å²) in [6, 6.07) is 14.8. The normalized spacial score (nSPS) is 9.88. The van der Waals surface area contributed by atoms with Gasteiger partial charge in [0.25, 0.3) is 0 Å². The molecular formula is C14H10BrNO. The fourth-order valence-electron chi connectivity index (χ4n) is 1.69. The number of hydrogen-bond donors (Lipinski definition) is 1. The Morgan fingerprint density at radius 2 is 1.94 bits per heavy atom. The highest BCUT2D eigenvalue weighted by atomic mass is 79.9. The van der Waals surface area contributed by atoms with Crippen LogP contribution in [0.5, 0.6) is 5.75 Å². The van der Waals surface area contributed by atoms with Gasteiger partial charge in [-0.1, -0.05) is 34.1 Å². The molecule has 0 bridgehead atoms. The minimum atomic E-state index is 0.235. The van der Waals surface area contributed by atoms with Gasteiger partial charge < -0.3 is 5.11 Å². The highest BCUT2D eigenvalue weighted by Crippen LogP contribution is 2.27. The molecule has 0 saturated carbocycles. The molecule has 0 aliphatic heterocycles. The van der Waals surface area contributed by atoms with Gasteiger partial charge in [-0.15, -0.1) is 0 Å². The summed E-state index contributed by atoms with van der Waals surface area (Å²) >= 11 is 3.36. The molecule has 0 spiro atoms. The molecule has 2 aromatic carbocycles. The van der Waals surface area contributed by atoms with Crippen molar-refractivity contribution in [2.45, 2.75) is 5.33 Å². The third kappa shape index (κ3) is 2.66. The average molecular weight is 288 g/mol. The molecule has 84 valence electrons. The van der Waals surface area contributed by atoms with Crippen molar-refractivity contribution in [1.82, 2.24) is 0 Å². The van der Waals surface area contributed by atoms with Gasteiger partial charge in [0, 0.05) is 5.33 Å². The molecule has 0 aliphatic rings. The van der Waals surface area contributed by atoms with Gasteiger partial charge in [0.1, 0.15) is 5.75 Å². The fourth-order valence-corrected chi connectivity index (χ4v) is 2.01. The Kier molecular flexibility index (Phi) is 3.46. The molecule has 0 fully saturated rings. The first-order valence-electron chi connectivity index (χ1n) is 5.12. The summed E-state index contributed by atoms with van der Waals surface area (Å²) in [5, 5.41) is 19.2. The summed E-state index contributed by atoms with van der Waals surface area (Å²) in [6.07, 6.45) is 0. The number of nitrogens with zero attached hydrogens (tertiary/aromatic N) is 1. The quantitative estimate of drug-likeness (QED) is 0.853. The van der Waals surface area contributed by atoms with Crippen LogP contribution in [0.1, 0.15) is 11.1 Å². The van der Waals surface area contributed by atoms with Crippen molar-refractivity contribution in [3.8, 4) is 22.9 Å². The molecule has 0 amide bonds. The first kappa shape index (κ1) is 11.7. The van der Waals surface area contributed by atoms with Crippen molar-refractivity contribution < 1.29 is 5.11 Å². The second-order valence-corrected chi connectivity index (χ2v) is 4.28. The molecule has 2 aromatic rings. The van der Waals surface area contributed by atoms with Crippen LogP contribution in [0.3, 0.4) is 0 Å². The van der Waals surface area contributed by atoms with E-state index in [0.717, 1.165) is 16.7 Å². The Labute approximate surface area is 108 Å². The van der Waals surface area contributed by atoms with E-state index in [2.05, 4.69) is 22.0 Å². The molecule has 1 N–H and O–H groups in total. The number of rotatable bonds is 2. The van der Waals surface area contributed by atoms with E-state index in [0.29, 0.717) is 10.9 Å². The van der Waals surface area contributed by atoms with Crippen LogP contribution in [-0.4, -0.2) is 5.11 Å². The van der Waals surface area contributed by atoms with E-state index in [1.807, 2.05) is 24.3 Å². The molecule has 0 heterocycles. The first-order valence-corrected chi connectivity index (χ1v) is 6.24. The van der Waals surface area contributed by atoms with Crippen molar-refractivity contribution in [2.24, 2.45) is 0 Å². The maximum atomic E-state index is 9.63. The van der Waals surface area contributed by atoms with Crippen molar-refractivity contribution in [3.63, 3.8) is 0 Å². The summed E-state index contributed by atoms with van der Waals surface area (Å²) in [6.45, 7) is 0. The van der Waals surface area contributed by atoms with Gasteiger partial charge in [-0.05, 0) is 41.0 Å². The van der Waals surface area contributed by atoms with E-state index in [9.17, 15) is 5.11 Å². The molecule has 0 unspecified atom stereocenters. The number of phenolic OH excluding ortho intramolecular Hbond substituents is 1. The van der Waals surface area contributed by atoms with Crippen molar-refractivity contribution in [2.75, 3.05) is 0 Å². The van der Waals surface area contributed by atoms with E-state index >= 15 is 0 Å². The Balaban J connectivity index is 2.52. The van der Waals surface area contributed by atoms with Crippen LogP contribution in [0.4, 0.5) is 0 Å². The monoisotopic (exact) mass is 287 g/mol. The molecule has 0 aromatic heterocycles. The number of halogens is 1. The van der Waals surface area contributed by atoms with E-state index in [1.165, 1.54) is 0 Å². The lowest BCUT2D eigenvalue weighted by molar-refractivity contribution is 0.475. The number of aromatic hydroxyl groups is 1. The molecule has 17 heavy (non-hydrogen) atoms. The maximum absolute atomic E-state index is 9.63. The zero-order chi connectivity index (χ0) is 12.3. The van der Waals surface area contributed by atoms with Gasteiger partial charge in [-0.25, -0.2) is 0 Å². The number of benzene rings is 2. The summed E-state index contributed by atoms with van der Waals surface area (Å²) in [5.74, 6) is 0.235. The minimum Gasteiger partial charge on any atom is -0.508 e. The lowest BCUT2D eigenvalue weighted by Gasteiger charge is -2.05. The van der Waals surface area contributed by atoms with Gasteiger partial charge in [0.2, 0.25) is 0 Å². The molecule has 2 nitrogen and oxygen atoms in total. The predicted octanol–water partition coefficient (Wildman–Crippen LogP) is 3.83. The summed E-state index contributed by atoms with van der Waals surface area (Å²) in [7, 11) is 0. The van der Waals surface area contributed by atoms with Crippen molar-refractivity contribution in [1.29, 1.82) is 5.26 Å². The van der Waals surface area contributed by atoms with Gasteiger partial charge in [-0.3, -0.25) is 0 Å². The van der Waals surface area contributed by atoms with Crippen LogP contribution in [0.15, 0.2) is 42.5 Å². The van der Waals surface area contributed by atoms with E-state index in [1.54, 1.807) is 18.2 Å². The zero-order valence-corrected chi connectivity index (χ0v) is 10.6. The largest absolute Gasteiger partial charge is 0.508 e. The van der Waals surface area contributed by atoms with E-state index < -0.39 is 0 Å². The Hall–Kier alpha value is -1.79. The highest BCUT2D eigenvalue weighted by molar-refractivity contribution is 9.08. The third-order valence-electron chi connectivity index (χ3n) is 2.46. The third-order valence-corrected chi connectivity index (χ3v) is 3.10. The van der Waals surface area contributed by atoms with Gasteiger partial charge in [0.15, 0.2) is 0 Å². The van der Waals surface area contributed by atoms with Gasteiger partial charge in [0.05, 0.1) is 11.6 Å². The van der Waals surface area contributed by atoms with Crippen LogP contribution < -0.4 is 0 Å². The van der Waals surface area contributed by atoms with E-state index in [4.69, 9.17) is 5.26 Å². The predicted molar refractivity (Wildman–Crippen MR) is 70.9 cm³/mol. The number of alkyl halides is 1. The summed E-state index contributed by atoms with van der Waals surface area (Å²) in [4.78, 5) is 0. The molecule has 0 saturated heterocycles. The Morgan fingerprint density at radius 1 is 1.12 bits per heavy atom. The first-order chi connectivity index (χ1) is 8.22. The SMILES string of the molecule is N#Cc1cccc(-c2cc(O)cc(CBr)c2)c1. The summed E-state index contributed by atoms with van der Waals surface area (Å²) < 4.78 is 0.